The molecule has 0 unspecified atom stereocenters. The summed E-state index contributed by atoms with van der Waals surface area (Å²) in [6.45, 7) is 0. The molecular formula is C6H8N6O2S. The highest BCUT2D eigenvalue weighted by atomic mass is 32.2. The molecule has 2 heterocycles. The lowest BCUT2D eigenvalue weighted by Crippen LogP contribution is -2.13. The van der Waals surface area contributed by atoms with E-state index in [1.54, 1.807) is 19.3 Å². The van der Waals surface area contributed by atoms with Crippen LogP contribution in [0.2, 0.25) is 0 Å². The van der Waals surface area contributed by atoms with E-state index < -0.39 is 10.0 Å². The summed E-state index contributed by atoms with van der Waals surface area (Å²) in [6, 6.07) is 1.66. The Kier molecular flexibility index (Phi) is 2.05. The van der Waals surface area contributed by atoms with Crippen LogP contribution >= 0.6 is 0 Å². The van der Waals surface area contributed by atoms with Gasteiger partial charge in [0.15, 0.2) is 5.82 Å². The van der Waals surface area contributed by atoms with Gasteiger partial charge in [0.05, 0.1) is 0 Å². The van der Waals surface area contributed by atoms with Crippen LogP contribution in [0.4, 0.5) is 0 Å². The topological polar surface area (TPSA) is 120 Å². The van der Waals surface area contributed by atoms with Gasteiger partial charge in [-0.3, -0.25) is 4.68 Å². The number of nitrogens with two attached hydrogens (primary N) is 1. The number of rotatable bonds is 2. The maximum absolute atomic E-state index is 10.9. The van der Waals surface area contributed by atoms with Crippen LogP contribution in [-0.2, 0) is 17.1 Å². The van der Waals surface area contributed by atoms with Crippen molar-refractivity contribution >= 4 is 10.0 Å². The molecule has 0 aliphatic carbocycles. The monoisotopic (exact) mass is 228 g/mol. The molecule has 9 heteroatoms. The molecule has 8 nitrogen and oxygen atoms in total. The number of H-pyrrole nitrogens is 1. The van der Waals surface area contributed by atoms with Gasteiger partial charge in [0.2, 0.25) is 0 Å². The number of nitrogens with one attached hydrogen (secondary N) is 1. The maximum atomic E-state index is 10.9. The molecule has 0 fully saturated rings. The van der Waals surface area contributed by atoms with Crippen LogP contribution in [0.5, 0.6) is 0 Å². The molecule has 2 aromatic heterocycles. The predicted molar refractivity (Wildman–Crippen MR) is 50.0 cm³/mol. The summed E-state index contributed by atoms with van der Waals surface area (Å²) < 4.78 is 23.4. The summed E-state index contributed by atoms with van der Waals surface area (Å²) in [5, 5.41) is 14.4. The molecular weight excluding hydrogens is 220 g/mol. The first-order valence-corrected chi connectivity index (χ1v) is 5.46. The minimum atomic E-state index is -3.84. The average Bonchev–Trinajstić information content (AvgIpc) is 2.69. The molecule has 0 radical (unpaired) electrons. The van der Waals surface area contributed by atoms with Gasteiger partial charge < -0.3 is 0 Å². The number of aryl methyl sites for hydroxylation is 1. The molecule has 3 N–H and O–H groups in total. The lowest BCUT2D eigenvalue weighted by molar-refractivity contribution is 0.589. The highest BCUT2D eigenvalue weighted by Crippen LogP contribution is 2.13. The van der Waals surface area contributed by atoms with E-state index in [1.165, 1.54) is 4.68 Å². The van der Waals surface area contributed by atoms with Crippen molar-refractivity contribution in [1.29, 1.82) is 0 Å². The number of nitrogens with zero attached hydrogens (tertiary/aromatic N) is 4. The van der Waals surface area contributed by atoms with E-state index in [1.807, 2.05) is 0 Å². The second kappa shape index (κ2) is 3.14. The van der Waals surface area contributed by atoms with E-state index in [2.05, 4.69) is 20.3 Å². The summed E-state index contributed by atoms with van der Waals surface area (Å²) >= 11 is 0. The Morgan fingerprint density at radius 2 is 2.27 bits per heavy atom. The normalized spacial score (nSPS) is 11.9. The molecule has 0 aromatic carbocycles. The number of hydrogen-bond acceptors (Lipinski definition) is 5. The standard InChI is InChI=1S/C6H8N6O2S/c1-12-4(2-3-8-12)5-9-6(11-10-5)15(7,13)14/h2-3H,1H3,(H2,7,13,14)(H,9,10,11). The third-order valence-corrected chi connectivity index (χ3v) is 2.51. The smallest absolute Gasteiger partial charge is 0.265 e. The highest BCUT2D eigenvalue weighted by molar-refractivity contribution is 7.89. The quantitative estimate of drug-likeness (QED) is 0.672. The molecule has 0 atom stereocenters. The Hall–Kier alpha value is -1.74. The van der Waals surface area contributed by atoms with Gasteiger partial charge in [0, 0.05) is 13.2 Å². The summed E-state index contributed by atoms with van der Waals surface area (Å²) in [4.78, 5) is 3.74. The van der Waals surface area contributed by atoms with Crippen molar-refractivity contribution in [3.63, 3.8) is 0 Å². The predicted octanol–water partition coefficient (Wildman–Crippen LogP) is -1.15. The van der Waals surface area contributed by atoms with Crippen molar-refractivity contribution in [2.24, 2.45) is 12.2 Å². The fourth-order valence-electron chi connectivity index (χ4n) is 1.08. The molecule has 0 saturated carbocycles. The Labute approximate surface area is 85.2 Å². The molecule has 2 rings (SSSR count). The molecule has 0 aliphatic rings. The van der Waals surface area contributed by atoms with Gasteiger partial charge in [0.1, 0.15) is 5.69 Å². The molecule has 0 amide bonds. The molecule has 2 aromatic rings. The maximum Gasteiger partial charge on any atom is 0.273 e. The van der Waals surface area contributed by atoms with Gasteiger partial charge in [-0.25, -0.2) is 18.7 Å². The zero-order valence-electron chi connectivity index (χ0n) is 7.75. The minimum Gasteiger partial charge on any atom is -0.265 e. The lowest BCUT2D eigenvalue weighted by Gasteiger charge is -1.93. The second-order valence-corrected chi connectivity index (χ2v) is 4.33. The Balaban J connectivity index is 2.50. The number of hydrogen-bond donors (Lipinski definition) is 2. The summed E-state index contributed by atoms with van der Waals surface area (Å²) in [7, 11) is -2.15. The molecule has 0 aliphatic heterocycles. The van der Waals surface area contributed by atoms with Crippen LogP contribution in [0.15, 0.2) is 17.4 Å². The van der Waals surface area contributed by atoms with Crippen molar-refractivity contribution in [2.75, 3.05) is 0 Å². The third kappa shape index (κ3) is 1.74. The molecule has 0 saturated heterocycles. The van der Waals surface area contributed by atoms with Crippen LogP contribution in [0.25, 0.3) is 11.5 Å². The van der Waals surface area contributed by atoms with E-state index in [0.717, 1.165) is 0 Å². The first-order chi connectivity index (χ1) is 6.98. The van der Waals surface area contributed by atoms with Crippen molar-refractivity contribution < 1.29 is 8.42 Å². The Morgan fingerprint density at radius 3 is 2.73 bits per heavy atom. The van der Waals surface area contributed by atoms with E-state index in [-0.39, 0.29) is 11.0 Å². The van der Waals surface area contributed by atoms with Crippen LogP contribution in [-0.4, -0.2) is 33.4 Å². The summed E-state index contributed by atoms with van der Waals surface area (Å²) in [5.74, 6) is 0.235. The first-order valence-electron chi connectivity index (χ1n) is 3.92. The summed E-state index contributed by atoms with van der Waals surface area (Å²) in [5.41, 5.74) is 0.598. The van der Waals surface area contributed by atoms with Gasteiger partial charge >= 0.3 is 0 Å². The van der Waals surface area contributed by atoms with E-state index in [4.69, 9.17) is 5.14 Å². The van der Waals surface area contributed by atoms with Gasteiger partial charge in [-0.05, 0) is 6.07 Å². The third-order valence-electron chi connectivity index (χ3n) is 1.78. The fourth-order valence-corrected chi connectivity index (χ4v) is 1.47. The fraction of sp³-hybridized carbons (Fsp3) is 0.167. The largest absolute Gasteiger partial charge is 0.273 e. The van der Waals surface area contributed by atoms with Crippen LogP contribution in [0, 0.1) is 0 Å². The van der Waals surface area contributed by atoms with Crippen molar-refractivity contribution in [3.8, 4) is 11.5 Å². The molecule has 80 valence electrons. The van der Waals surface area contributed by atoms with Gasteiger partial charge in [-0.2, -0.15) is 15.2 Å². The van der Waals surface area contributed by atoms with E-state index in [9.17, 15) is 8.42 Å². The number of aromatic amines is 1. The van der Waals surface area contributed by atoms with Crippen LogP contribution < -0.4 is 5.14 Å². The number of primary sulfonamides is 1. The Morgan fingerprint density at radius 1 is 1.53 bits per heavy atom. The zero-order chi connectivity index (χ0) is 11.1. The summed E-state index contributed by atoms with van der Waals surface area (Å²) in [6.07, 6.45) is 1.56. The average molecular weight is 228 g/mol. The molecule has 0 spiro atoms. The SMILES string of the molecule is Cn1nccc1-c1n[nH]c(S(N)(=O)=O)n1. The van der Waals surface area contributed by atoms with Crippen LogP contribution in [0.1, 0.15) is 0 Å². The lowest BCUT2D eigenvalue weighted by atomic mass is 10.4. The van der Waals surface area contributed by atoms with Crippen LogP contribution in [0.3, 0.4) is 0 Å². The van der Waals surface area contributed by atoms with E-state index in [0.29, 0.717) is 5.69 Å². The van der Waals surface area contributed by atoms with Gasteiger partial charge in [0.25, 0.3) is 15.2 Å². The molecule has 15 heavy (non-hydrogen) atoms. The number of sulfonamides is 1. The van der Waals surface area contributed by atoms with Crippen molar-refractivity contribution in [3.05, 3.63) is 12.3 Å². The van der Waals surface area contributed by atoms with Gasteiger partial charge in [-0.1, -0.05) is 0 Å². The van der Waals surface area contributed by atoms with Gasteiger partial charge in [-0.15, -0.1) is 0 Å². The Bertz CT molecular complexity index is 582. The second-order valence-electron chi connectivity index (χ2n) is 2.85. The minimum absolute atomic E-state index is 0.235. The van der Waals surface area contributed by atoms with E-state index >= 15 is 0 Å². The first kappa shape index (κ1) is 9.80. The number of aromatic nitrogens is 5. The highest BCUT2D eigenvalue weighted by Gasteiger charge is 2.16. The van der Waals surface area contributed by atoms with Crippen molar-refractivity contribution in [1.82, 2.24) is 25.0 Å². The van der Waals surface area contributed by atoms with Crippen molar-refractivity contribution in [2.45, 2.75) is 5.16 Å². The molecule has 0 bridgehead atoms. The zero-order valence-corrected chi connectivity index (χ0v) is 8.56.